The summed E-state index contributed by atoms with van der Waals surface area (Å²) >= 11 is 0. The van der Waals surface area contributed by atoms with Crippen molar-refractivity contribution in [3.8, 4) is 0 Å². The summed E-state index contributed by atoms with van der Waals surface area (Å²) < 4.78 is 10.5. The van der Waals surface area contributed by atoms with Gasteiger partial charge in [-0.1, -0.05) is 44.9 Å². The zero-order chi connectivity index (χ0) is 23.8. The summed E-state index contributed by atoms with van der Waals surface area (Å²) in [7, 11) is 1.36. The fourth-order valence-corrected chi connectivity index (χ4v) is 3.84. The molecule has 2 aromatic carbocycles. The average molecular weight is 448 g/mol. The zero-order valence-electron chi connectivity index (χ0n) is 20.0. The molecule has 0 radical (unpaired) electrons. The Bertz CT molecular complexity index is 1170. The number of methoxy groups -OCH3 is 1. The van der Waals surface area contributed by atoms with Gasteiger partial charge >= 0.3 is 11.6 Å². The molecule has 174 valence electrons. The lowest BCUT2D eigenvalue weighted by Crippen LogP contribution is -2.25. The number of esters is 1. The molecule has 0 saturated carbocycles. The van der Waals surface area contributed by atoms with Crippen LogP contribution in [0.2, 0.25) is 0 Å². The zero-order valence-corrected chi connectivity index (χ0v) is 20.0. The molecule has 0 amide bonds. The summed E-state index contributed by atoms with van der Waals surface area (Å²) in [5.74, 6) is -0.376. The van der Waals surface area contributed by atoms with E-state index in [0.29, 0.717) is 16.7 Å². The number of ether oxygens (including phenoxy) is 1. The summed E-state index contributed by atoms with van der Waals surface area (Å²) in [6, 6.07) is 13.2. The molecule has 3 rings (SSSR count). The largest absolute Gasteiger partial charge is 0.465 e. The number of hydrogen-bond acceptors (Lipinski definition) is 5. The van der Waals surface area contributed by atoms with Crippen LogP contribution in [0.15, 0.2) is 51.7 Å². The SMILES string of the molecule is CCCCN(CCCC)c1ccc2c(C)c(/C=C/c3ccc(C(=O)OC)cc3)c(=O)oc2c1. The molecule has 0 aliphatic heterocycles. The van der Waals surface area contributed by atoms with E-state index in [4.69, 9.17) is 9.15 Å². The number of hydrogen-bond donors (Lipinski definition) is 0. The Morgan fingerprint density at radius 2 is 1.67 bits per heavy atom. The summed E-state index contributed by atoms with van der Waals surface area (Å²) in [4.78, 5) is 26.8. The van der Waals surface area contributed by atoms with Crippen molar-refractivity contribution in [1.29, 1.82) is 0 Å². The summed E-state index contributed by atoms with van der Waals surface area (Å²) in [6.45, 7) is 8.35. The number of benzene rings is 2. The van der Waals surface area contributed by atoms with Gasteiger partial charge in [-0.05, 0) is 61.2 Å². The van der Waals surface area contributed by atoms with Gasteiger partial charge in [-0.15, -0.1) is 0 Å². The third-order valence-corrected chi connectivity index (χ3v) is 5.90. The third-order valence-electron chi connectivity index (χ3n) is 5.90. The topological polar surface area (TPSA) is 59.8 Å². The molecule has 1 heterocycles. The number of rotatable bonds is 10. The third kappa shape index (κ3) is 5.92. The van der Waals surface area contributed by atoms with Crippen LogP contribution in [0.4, 0.5) is 5.69 Å². The van der Waals surface area contributed by atoms with Crippen molar-refractivity contribution in [3.63, 3.8) is 0 Å². The van der Waals surface area contributed by atoms with Gasteiger partial charge in [0.15, 0.2) is 0 Å². The van der Waals surface area contributed by atoms with Crippen molar-refractivity contribution in [2.45, 2.75) is 46.5 Å². The second-order valence-electron chi connectivity index (χ2n) is 8.25. The molecule has 3 aromatic rings. The van der Waals surface area contributed by atoms with Crippen molar-refractivity contribution in [3.05, 3.63) is 75.1 Å². The lowest BCUT2D eigenvalue weighted by Gasteiger charge is -2.25. The Hall–Kier alpha value is -3.34. The molecule has 0 fully saturated rings. The van der Waals surface area contributed by atoms with Crippen LogP contribution in [0.3, 0.4) is 0 Å². The van der Waals surface area contributed by atoms with Gasteiger partial charge in [0, 0.05) is 30.2 Å². The lowest BCUT2D eigenvalue weighted by molar-refractivity contribution is 0.0600. The summed E-state index contributed by atoms with van der Waals surface area (Å²) in [6.07, 6.45) is 8.18. The van der Waals surface area contributed by atoms with Crippen LogP contribution >= 0.6 is 0 Å². The van der Waals surface area contributed by atoms with Crippen LogP contribution in [-0.2, 0) is 4.74 Å². The predicted molar refractivity (Wildman–Crippen MR) is 136 cm³/mol. The van der Waals surface area contributed by atoms with E-state index in [0.717, 1.165) is 61.0 Å². The minimum Gasteiger partial charge on any atom is -0.465 e. The van der Waals surface area contributed by atoms with Crippen molar-refractivity contribution in [2.75, 3.05) is 25.1 Å². The maximum Gasteiger partial charge on any atom is 0.343 e. The van der Waals surface area contributed by atoms with E-state index in [-0.39, 0.29) is 11.6 Å². The van der Waals surface area contributed by atoms with Crippen LogP contribution in [-0.4, -0.2) is 26.2 Å². The highest BCUT2D eigenvalue weighted by Gasteiger charge is 2.12. The fraction of sp³-hybridized carbons (Fsp3) is 0.357. The van der Waals surface area contributed by atoms with E-state index in [9.17, 15) is 9.59 Å². The molecule has 33 heavy (non-hydrogen) atoms. The number of anilines is 1. The number of carbonyl (C=O) groups excluding carboxylic acids is 1. The molecular formula is C28H33NO4. The highest BCUT2D eigenvalue weighted by Crippen LogP contribution is 2.26. The Labute approximate surface area is 195 Å². The molecule has 1 aromatic heterocycles. The van der Waals surface area contributed by atoms with Crippen LogP contribution in [0, 0.1) is 6.92 Å². The van der Waals surface area contributed by atoms with Gasteiger partial charge in [0.25, 0.3) is 0 Å². The lowest BCUT2D eigenvalue weighted by atomic mass is 10.0. The van der Waals surface area contributed by atoms with Crippen molar-refractivity contribution >= 4 is 34.8 Å². The summed E-state index contributed by atoms with van der Waals surface area (Å²) in [5.41, 5.74) is 4.14. The molecule has 0 unspecified atom stereocenters. The van der Waals surface area contributed by atoms with E-state index in [1.54, 1.807) is 18.2 Å². The van der Waals surface area contributed by atoms with Gasteiger partial charge in [-0.3, -0.25) is 0 Å². The number of unbranched alkanes of at least 4 members (excludes halogenated alkanes) is 2. The standard InChI is InChI=1S/C28H33NO4/c1-5-7-17-29(18-8-6-2)23-14-16-24-20(3)25(28(31)33-26(24)19-23)15-11-21-9-12-22(13-10-21)27(30)32-4/h9-16,19H,5-8,17-18H2,1-4H3/b15-11+. The van der Waals surface area contributed by atoms with E-state index >= 15 is 0 Å². The van der Waals surface area contributed by atoms with Gasteiger partial charge in [-0.25, -0.2) is 9.59 Å². The Morgan fingerprint density at radius 1 is 1.00 bits per heavy atom. The molecule has 0 N–H and O–H groups in total. The van der Waals surface area contributed by atoms with Gasteiger partial charge in [0.1, 0.15) is 5.58 Å². The highest BCUT2D eigenvalue weighted by atomic mass is 16.5. The van der Waals surface area contributed by atoms with E-state index in [1.807, 2.05) is 31.2 Å². The van der Waals surface area contributed by atoms with E-state index in [1.165, 1.54) is 7.11 Å². The fourth-order valence-electron chi connectivity index (χ4n) is 3.84. The van der Waals surface area contributed by atoms with E-state index < -0.39 is 0 Å². The normalized spacial score (nSPS) is 11.3. The van der Waals surface area contributed by atoms with Gasteiger partial charge in [0.05, 0.1) is 18.2 Å². The second kappa shape index (κ2) is 11.5. The van der Waals surface area contributed by atoms with Gasteiger partial charge in [-0.2, -0.15) is 0 Å². The molecule has 0 spiro atoms. The molecule has 5 nitrogen and oxygen atoms in total. The first-order valence-electron chi connectivity index (χ1n) is 11.7. The smallest absolute Gasteiger partial charge is 0.343 e. The first kappa shape index (κ1) is 24.3. The van der Waals surface area contributed by atoms with Crippen molar-refractivity contribution < 1.29 is 13.9 Å². The predicted octanol–water partition coefficient (Wildman–Crippen LogP) is 6.47. The minimum atomic E-state index is -0.376. The maximum absolute atomic E-state index is 12.8. The number of carbonyl (C=O) groups is 1. The van der Waals surface area contributed by atoms with Crippen LogP contribution in [0.25, 0.3) is 23.1 Å². The van der Waals surface area contributed by atoms with Gasteiger partial charge in [0.2, 0.25) is 0 Å². The van der Waals surface area contributed by atoms with Crippen LogP contribution in [0.1, 0.15) is 66.6 Å². The highest BCUT2D eigenvalue weighted by molar-refractivity contribution is 5.90. The van der Waals surface area contributed by atoms with Crippen molar-refractivity contribution in [1.82, 2.24) is 0 Å². The quantitative estimate of drug-likeness (QED) is 0.263. The number of aryl methyl sites for hydroxylation is 1. The first-order valence-corrected chi connectivity index (χ1v) is 11.7. The minimum absolute atomic E-state index is 0.353. The second-order valence-corrected chi connectivity index (χ2v) is 8.25. The molecule has 5 heteroatoms. The molecule has 0 aliphatic carbocycles. The first-order chi connectivity index (χ1) is 16.0. The molecule has 0 saturated heterocycles. The average Bonchev–Trinajstić information content (AvgIpc) is 2.83. The Morgan fingerprint density at radius 3 is 2.27 bits per heavy atom. The molecule has 0 atom stereocenters. The Kier molecular flexibility index (Phi) is 8.47. The molecule has 0 aliphatic rings. The van der Waals surface area contributed by atoms with E-state index in [2.05, 4.69) is 30.9 Å². The van der Waals surface area contributed by atoms with Crippen molar-refractivity contribution in [2.24, 2.45) is 0 Å². The molecular weight excluding hydrogens is 414 g/mol. The number of fused-ring (bicyclic) bond motifs is 1. The maximum atomic E-state index is 12.8. The van der Waals surface area contributed by atoms with Gasteiger partial charge < -0.3 is 14.1 Å². The number of nitrogens with zero attached hydrogens (tertiary/aromatic N) is 1. The Balaban J connectivity index is 1.90. The molecule has 0 bridgehead atoms. The summed E-state index contributed by atoms with van der Waals surface area (Å²) in [5, 5.41) is 0.935. The monoisotopic (exact) mass is 447 g/mol. The van der Waals surface area contributed by atoms with Crippen LogP contribution < -0.4 is 10.5 Å². The van der Waals surface area contributed by atoms with Crippen LogP contribution in [0.5, 0.6) is 0 Å².